The molecule has 11 heteroatoms. The van der Waals surface area contributed by atoms with Gasteiger partial charge in [-0.05, 0) is 69.7 Å². The van der Waals surface area contributed by atoms with Crippen molar-refractivity contribution in [2.75, 3.05) is 35.7 Å². The van der Waals surface area contributed by atoms with Gasteiger partial charge in [0.05, 0.1) is 19.3 Å². The highest BCUT2D eigenvalue weighted by Crippen LogP contribution is 2.31. The molecule has 42 heavy (non-hydrogen) atoms. The molecular formula is C31H40N4O6S. The summed E-state index contributed by atoms with van der Waals surface area (Å²) in [6, 6.07) is 17.7. The molecule has 0 bridgehead atoms. The van der Waals surface area contributed by atoms with Gasteiger partial charge < -0.3 is 29.4 Å². The van der Waals surface area contributed by atoms with Gasteiger partial charge in [0, 0.05) is 49.1 Å². The number of amides is 3. The third-order valence-electron chi connectivity index (χ3n) is 6.92. The SMILES string of the molecule is CCC(C)N(Cc1ccc(N(CC)CC)cc1OS(=O)(=O)c1ccc(NC(C)=O)cc1)C(=O)Nc1ccccc1OC. The number of rotatable bonds is 13. The average Bonchev–Trinajstić information content (AvgIpc) is 2.97. The Hall–Kier alpha value is -4.25. The Morgan fingerprint density at radius 2 is 1.57 bits per heavy atom. The minimum Gasteiger partial charge on any atom is -0.495 e. The molecule has 0 heterocycles. The summed E-state index contributed by atoms with van der Waals surface area (Å²) in [4.78, 5) is 28.5. The van der Waals surface area contributed by atoms with Gasteiger partial charge in [0.1, 0.15) is 16.4 Å². The second kappa shape index (κ2) is 14.6. The van der Waals surface area contributed by atoms with Crippen molar-refractivity contribution < 1.29 is 26.9 Å². The highest BCUT2D eigenvalue weighted by atomic mass is 32.2. The minimum absolute atomic E-state index is 0.0662. The number of carbonyl (C=O) groups excluding carboxylic acids is 2. The van der Waals surface area contributed by atoms with E-state index in [0.717, 1.165) is 5.69 Å². The van der Waals surface area contributed by atoms with Crippen LogP contribution in [0.25, 0.3) is 0 Å². The number of benzene rings is 3. The lowest BCUT2D eigenvalue weighted by Gasteiger charge is -2.30. The molecule has 0 aliphatic rings. The van der Waals surface area contributed by atoms with E-state index in [0.29, 0.717) is 42.2 Å². The van der Waals surface area contributed by atoms with E-state index in [1.807, 2.05) is 39.8 Å². The quantitative estimate of drug-likeness (QED) is 0.229. The first-order valence-corrected chi connectivity index (χ1v) is 15.3. The van der Waals surface area contributed by atoms with Crippen LogP contribution in [0.1, 0.15) is 46.6 Å². The summed E-state index contributed by atoms with van der Waals surface area (Å²) in [7, 11) is -2.71. The fraction of sp³-hybridized carbons (Fsp3) is 0.355. The third-order valence-corrected chi connectivity index (χ3v) is 8.16. The molecule has 0 saturated heterocycles. The summed E-state index contributed by atoms with van der Waals surface area (Å²) in [6.07, 6.45) is 0.673. The maximum Gasteiger partial charge on any atom is 0.339 e. The van der Waals surface area contributed by atoms with Crippen LogP contribution in [-0.2, 0) is 21.5 Å². The Bertz CT molecular complexity index is 1470. The number of carbonyl (C=O) groups is 2. The molecule has 0 spiro atoms. The van der Waals surface area contributed by atoms with Gasteiger partial charge >= 0.3 is 16.1 Å². The molecular weight excluding hydrogens is 556 g/mol. The normalized spacial score (nSPS) is 11.8. The van der Waals surface area contributed by atoms with Gasteiger partial charge in [-0.1, -0.05) is 25.1 Å². The predicted octanol–water partition coefficient (Wildman–Crippen LogP) is 6.10. The Balaban J connectivity index is 1.99. The summed E-state index contributed by atoms with van der Waals surface area (Å²) in [6.45, 7) is 10.8. The maximum atomic E-state index is 13.5. The molecule has 1 atom stereocenters. The lowest BCUT2D eigenvalue weighted by Crippen LogP contribution is -2.40. The summed E-state index contributed by atoms with van der Waals surface area (Å²) >= 11 is 0. The van der Waals surface area contributed by atoms with Crippen molar-refractivity contribution in [2.45, 2.75) is 58.5 Å². The number of hydrogen-bond donors (Lipinski definition) is 2. The smallest absolute Gasteiger partial charge is 0.339 e. The van der Waals surface area contributed by atoms with Gasteiger partial charge in [-0.2, -0.15) is 8.42 Å². The number of ether oxygens (including phenoxy) is 1. The predicted molar refractivity (Wildman–Crippen MR) is 166 cm³/mol. The van der Waals surface area contributed by atoms with Crippen molar-refractivity contribution in [3.8, 4) is 11.5 Å². The third kappa shape index (κ3) is 8.16. The summed E-state index contributed by atoms with van der Waals surface area (Å²) in [5.41, 5.74) is 2.32. The van der Waals surface area contributed by atoms with Crippen LogP contribution >= 0.6 is 0 Å². The first-order chi connectivity index (χ1) is 20.0. The zero-order valence-corrected chi connectivity index (χ0v) is 25.8. The van der Waals surface area contributed by atoms with E-state index in [-0.39, 0.29) is 35.2 Å². The topological polar surface area (TPSA) is 117 Å². The summed E-state index contributed by atoms with van der Waals surface area (Å²) in [5, 5.41) is 5.54. The zero-order valence-electron chi connectivity index (χ0n) is 25.0. The van der Waals surface area contributed by atoms with Gasteiger partial charge in [-0.15, -0.1) is 0 Å². The largest absolute Gasteiger partial charge is 0.495 e. The Morgan fingerprint density at radius 3 is 2.17 bits per heavy atom. The molecule has 0 radical (unpaired) electrons. The number of hydrogen-bond acceptors (Lipinski definition) is 7. The van der Waals surface area contributed by atoms with Crippen LogP contribution in [0.4, 0.5) is 21.9 Å². The molecule has 0 aliphatic heterocycles. The molecule has 2 N–H and O–H groups in total. The van der Waals surface area contributed by atoms with E-state index >= 15 is 0 Å². The van der Waals surface area contributed by atoms with E-state index in [4.69, 9.17) is 8.92 Å². The molecule has 3 rings (SSSR count). The average molecular weight is 597 g/mol. The molecule has 226 valence electrons. The number of nitrogens with zero attached hydrogens (tertiary/aromatic N) is 2. The summed E-state index contributed by atoms with van der Waals surface area (Å²) < 4.78 is 37.9. The van der Waals surface area contributed by atoms with Crippen LogP contribution in [0.3, 0.4) is 0 Å². The van der Waals surface area contributed by atoms with Crippen LogP contribution in [0.15, 0.2) is 71.6 Å². The molecule has 3 aromatic carbocycles. The molecule has 10 nitrogen and oxygen atoms in total. The Morgan fingerprint density at radius 1 is 0.905 bits per heavy atom. The van der Waals surface area contributed by atoms with Gasteiger partial charge in [0.2, 0.25) is 5.91 Å². The lowest BCUT2D eigenvalue weighted by molar-refractivity contribution is -0.114. The van der Waals surface area contributed by atoms with E-state index < -0.39 is 10.1 Å². The van der Waals surface area contributed by atoms with Crippen molar-refractivity contribution in [1.82, 2.24) is 4.90 Å². The first kappa shape index (κ1) is 32.3. The molecule has 1 unspecified atom stereocenters. The van der Waals surface area contributed by atoms with Crippen molar-refractivity contribution in [2.24, 2.45) is 0 Å². The first-order valence-electron chi connectivity index (χ1n) is 13.9. The molecule has 0 aromatic heterocycles. The van der Waals surface area contributed by atoms with Crippen LogP contribution in [-0.4, -0.2) is 51.5 Å². The maximum absolute atomic E-state index is 13.5. The van der Waals surface area contributed by atoms with Gasteiger partial charge in [0.15, 0.2) is 0 Å². The highest BCUT2D eigenvalue weighted by Gasteiger charge is 2.25. The van der Waals surface area contributed by atoms with Crippen LogP contribution < -0.4 is 24.5 Å². The van der Waals surface area contributed by atoms with Crippen molar-refractivity contribution in [3.63, 3.8) is 0 Å². The highest BCUT2D eigenvalue weighted by molar-refractivity contribution is 7.87. The molecule has 0 saturated carbocycles. The van der Waals surface area contributed by atoms with Crippen LogP contribution in [0, 0.1) is 0 Å². The lowest BCUT2D eigenvalue weighted by atomic mass is 10.1. The van der Waals surface area contributed by atoms with Gasteiger partial charge in [-0.3, -0.25) is 4.79 Å². The monoisotopic (exact) mass is 596 g/mol. The van der Waals surface area contributed by atoms with Crippen molar-refractivity contribution in [1.29, 1.82) is 0 Å². The molecule has 0 fully saturated rings. The standard InChI is InChI=1S/C31H40N4O6S/c1-7-22(4)35(31(37)33-28-12-10-11-13-29(28)40-6)21-24-14-17-26(34(8-2)9-3)20-30(24)41-42(38,39)27-18-15-25(16-19-27)32-23(5)36/h10-20,22H,7-9,21H2,1-6H3,(H,32,36)(H,33,37). The van der Waals surface area contributed by atoms with Crippen LogP contribution in [0.5, 0.6) is 11.5 Å². The fourth-order valence-corrected chi connectivity index (χ4v) is 5.34. The summed E-state index contributed by atoms with van der Waals surface area (Å²) in [5.74, 6) is 0.391. The molecule has 0 aliphatic carbocycles. The number of anilines is 3. The number of nitrogens with one attached hydrogen (secondary N) is 2. The molecule has 3 aromatic rings. The fourth-order valence-electron chi connectivity index (χ4n) is 4.38. The zero-order chi connectivity index (χ0) is 30.9. The molecule has 3 amide bonds. The van der Waals surface area contributed by atoms with Crippen molar-refractivity contribution in [3.05, 3.63) is 72.3 Å². The van der Waals surface area contributed by atoms with E-state index in [9.17, 15) is 18.0 Å². The van der Waals surface area contributed by atoms with Crippen LogP contribution in [0.2, 0.25) is 0 Å². The Labute approximate surface area is 248 Å². The van der Waals surface area contributed by atoms with Crippen molar-refractivity contribution >= 4 is 39.1 Å². The second-order valence-corrected chi connectivity index (χ2v) is 11.3. The van der Waals surface area contributed by atoms with Gasteiger partial charge in [-0.25, -0.2) is 4.79 Å². The number of urea groups is 1. The number of methoxy groups -OCH3 is 1. The van der Waals surface area contributed by atoms with E-state index in [2.05, 4.69) is 15.5 Å². The number of para-hydroxylation sites is 2. The van der Waals surface area contributed by atoms with E-state index in [1.54, 1.807) is 35.2 Å². The van der Waals surface area contributed by atoms with E-state index in [1.165, 1.54) is 38.3 Å². The second-order valence-electron chi connectivity index (χ2n) is 9.72. The van der Waals surface area contributed by atoms with Gasteiger partial charge in [0.25, 0.3) is 0 Å². The minimum atomic E-state index is -4.24. The Kier molecular flexibility index (Phi) is 11.2.